The van der Waals surface area contributed by atoms with E-state index in [4.69, 9.17) is 4.74 Å². The summed E-state index contributed by atoms with van der Waals surface area (Å²) in [6, 6.07) is 0.467. The molecule has 0 aliphatic heterocycles. The van der Waals surface area contributed by atoms with Crippen LogP contribution in [0.5, 0.6) is 0 Å². The summed E-state index contributed by atoms with van der Waals surface area (Å²) in [6.45, 7) is 8.39. The van der Waals surface area contributed by atoms with Crippen LogP contribution >= 0.6 is 0 Å². The number of aliphatic hydroxyl groups is 1. The lowest BCUT2D eigenvalue weighted by Gasteiger charge is -2.27. The van der Waals surface area contributed by atoms with Gasteiger partial charge in [0.2, 0.25) is 0 Å². The van der Waals surface area contributed by atoms with E-state index in [1.165, 1.54) is 0 Å². The van der Waals surface area contributed by atoms with Gasteiger partial charge in [-0.3, -0.25) is 4.90 Å². The highest BCUT2D eigenvalue weighted by atomic mass is 16.5. The maximum absolute atomic E-state index is 9.19. The van der Waals surface area contributed by atoms with Gasteiger partial charge in [-0.05, 0) is 20.8 Å². The average Bonchev–Trinajstić information content (AvgIpc) is 1.96. The van der Waals surface area contributed by atoms with Crippen molar-refractivity contribution in [3.8, 4) is 0 Å². The minimum atomic E-state index is -0.260. The lowest BCUT2D eigenvalue weighted by molar-refractivity contribution is 0.0805. The summed E-state index contributed by atoms with van der Waals surface area (Å²) in [5, 5.41) is 9.19. The number of ether oxygens (including phenoxy) is 1. The zero-order valence-electron chi connectivity index (χ0n) is 8.58. The zero-order chi connectivity index (χ0) is 9.56. The minimum absolute atomic E-state index is 0.260. The minimum Gasteiger partial charge on any atom is -0.392 e. The fraction of sp³-hybridized carbons (Fsp3) is 1.00. The standard InChI is InChI=1S/C9H21NO2/c1-8(2)10(5-6-12-4)7-9(3)11/h8-9,11H,5-7H2,1-4H3/t9-/m0/s1. The molecule has 0 saturated carbocycles. The largest absolute Gasteiger partial charge is 0.392 e. The third-order valence-corrected chi connectivity index (χ3v) is 1.81. The van der Waals surface area contributed by atoms with Crippen molar-refractivity contribution in [2.45, 2.75) is 32.9 Å². The van der Waals surface area contributed by atoms with Gasteiger partial charge in [0.15, 0.2) is 0 Å². The van der Waals surface area contributed by atoms with E-state index >= 15 is 0 Å². The molecule has 0 amide bonds. The van der Waals surface area contributed by atoms with Crippen LogP contribution in [0.2, 0.25) is 0 Å². The molecule has 3 heteroatoms. The van der Waals surface area contributed by atoms with Crippen molar-refractivity contribution < 1.29 is 9.84 Å². The summed E-state index contributed by atoms with van der Waals surface area (Å²) in [6.07, 6.45) is -0.260. The van der Waals surface area contributed by atoms with Gasteiger partial charge in [-0.2, -0.15) is 0 Å². The molecule has 0 saturated heterocycles. The highest BCUT2D eigenvalue weighted by Crippen LogP contribution is 1.99. The van der Waals surface area contributed by atoms with Crippen LogP contribution in [0.15, 0.2) is 0 Å². The predicted octanol–water partition coefficient (Wildman–Crippen LogP) is 0.724. The molecular formula is C9H21NO2. The van der Waals surface area contributed by atoms with Crippen molar-refractivity contribution in [1.29, 1.82) is 0 Å². The van der Waals surface area contributed by atoms with Gasteiger partial charge < -0.3 is 9.84 Å². The van der Waals surface area contributed by atoms with Crippen LogP contribution < -0.4 is 0 Å². The van der Waals surface area contributed by atoms with E-state index in [0.717, 1.165) is 19.7 Å². The molecule has 0 aromatic carbocycles. The summed E-state index contributed by atoms with van der Waals surface area (Å²) in [5.41, 5.74) is 0. The maximum atomic E-state index is 9.19. The Labute approximate surface area is 75.3 Å². The molecule has 0 aromatic heterocycles. The van der Waals surface area contributed by atoms with Gasteiger partial charge in [0.1, 0.15) is 0 Å². The van der Waals surface area contributed by atoms with E-state index in [-0.39, 0.29) is 6.10 Å². The molecule has 0 radical (unpaired) electrons. The number of hydrogen-bond acceptors (Lipinski definition) is 3. The Bertz CT molecular complexity index is 105. The third-order valence-electron chi connectivity index (χ3n) is 1.81. The number of hydrogen-bond donors (Lipinski definition) is 1. The van der Waals surface area contributed by atoms with Gasteiger partial charge in [-0.1, -0.05) is 0 Å². The van der Waals surface area contributed by atoms with Crippen molar-refractivity contribution in [3.63, 3.8) is 0 Å². The molecule has 0 fully saturated rings. The Morgan fingerprint density at radius 3 is 2.25 bits per heavy atom. The Morgan fingerprint density at radius 2 is 1.92 bits per heavy atom. The van der Waals surface area contributed by atoms with Crippen molar-refractivity contribution in [2.75, 3.05) is 26.8 Å². The van der Waals surface area contributed by atoms with Gasteiger partial charge in [-0.15, -0.1) is 0 Å². The molecule has 3 nitrogen and oxygen atoms in total. The van der Waals surface area contributed by atoms with Crippen molar-refractivity contribution >= 4 is 0 Å². The fourth-order valence-corrected chi connectivity index (χ4v) is 1.11. The van der Waals surface area contributed by atoms with Crippen molar-refractivity contribution in [2.24, 2.45) is 0 Å². The molecule has 12 heavy (non-hydrogen) atoms. The van der Waals surface area contributed by atoms with Crippen LogP contribution in [0.1, 0.15) is 20.8 Å². The molecule has 1 N–H and O–H groups in total. The average molecular weight is 175 g/mol. The molecular weight excluding hydrogens is 154 g/mol. The maximum Gasteiger partial charge on any atom is 0.0639 e. The van der Waals surface area contributed by atoms with Crippen molar-refractivity contribution in [3.05, 3.63) is 0 Å². The topological polar surface area (TPSA) is 32.7 Å². The van der Waals surface area contributed by atoms with E-state index in [2.05, 4.69) is 18.7 Å². The SMILES string of the molecule is COCCN(C[C@H](C)O)C(C)C. The molecule has 0 spiro atoms. The molecule has 0 unspecified atom stereocenters. The molecule has 74 valence electrons. The molecule has 0 heterocycles. The number of aliphatic hydroxyl groups excluding tert-OH is 1. The summed E-state index contributed by atoms with van der Waals surface area (Å²) in [5.74, 6) is 0. The van der Waals surface area contributed by atoms with Gasteiger partial charge in [0, 0.05) is 26.2 Å². The fourth-order valence-electron chi connectivity index (χ4n) is 1.11. The summed E-state index contributed by atoms with van der Waals surface area (Å²) in [7, 11) is 1.70. The molecule has 0 rings (SSSR count). The van der Waals surface area contributed by atoms with Crippen LogP contribution in [0.3, 0.4) is 0 Å². The normalized spacial score (nSPS) is 14.2. The first-order valence-electron chi connectivity index (χ1n) is 4.49. The summed E-state index contributed by atoms with van der Waals surface area (Å²) >= 11 is 0. The first kappa shape index (κ1) is 11.9. The molecule has 0 aliphatic rings. The van der Waals surface area contributed by atoms with Crippen LogP contribution in [-0.2, 0) is 4.74 Å². The Hall–Kier alpha value is -0.120. The Morgan fingerprint density at radius 1 is 1.33 bits per heavy atom. The van der Waals surface area contributed by atoms with Gasteiger partial charge in [0.05, 0.1) is 12.7 Å². The zero-order valence-corrected chi connectivity index (χ0v) is 8.58. The number of rotatable bonds is 6. The molecule has 1 atom stereocenters. The van der Waals surface area contributed by atoms with Gasteiger partial charge >= 0.3 is 0 Å². The predicted molar refractivity (Wildman–Crippen MR) is 50.3 cm³/mol. The number of methoxy groups -OCH3 is 1. The second-order valence-electron chi connectivity index (χ2n) is 3.43. The van der Waals surface area contributed by atoms with E-state index in [0.29, 0.717) is 6.04 Å². The second-order valence-corrected chi connectivity index (χ2v) is 3.43. The third kappa shape index (κ3) is 5.52. The van der Waals surface area contributed by atoms with E-state index in [1.54, 1.807) is 7.11 Å². The Balaban J connectivity index is 3.70. The first-order chi connectivity index (χ1) is 5.57. The Kier molecular flexibility index (Phi) is 6.34. The summed E-state index contributed by atoms with van der Waals surface area (Å²) in [4.78, 5) is 2.20. The van der Waals surface area contributed by atoms with Crippen molar-refractivity contribution in [1.82, 2.24) is 4.90 Å². The van der Waals surface area contributed by atoms with Gasteiger partial charge in [-0.25, -0.2) is 0 Å². The number of nitrogens with zero attached hydrogens (tertiary/aromatic N) is 1. The lowest BCUT2D eigenvalue weighted by Crippen LogP contribution is -2.38. The lowest BCUT2D eigenvalue weighted by atomic mass is 10.2. The van der Waals surface area contributed by atoms with E-state index in [1.807, 2.05) is 6.92 Å². The van der Waals surface area contributed by atoms with Crippen LogP contribution in [0.25, 0.3) is 0 Å². The molecule has 0 aliphatic carbocycles. The van der Waals surface area contributed by atoms with Crippen LogP contribution in [0.4, 0.5) is 0 Å². The highest BCUT2D eigenvalue weighted by molar-refractivity contribution is 4.64. The quantitative estimate of drug-likeness (QED) is 0.646. The van der Waals surface area contributed by atoms with E-state index in [9.17, 15) is 5.11 Å². The van der Waals surface area contributed by atoms with Crippen LogP contribution in [-0.4, -0.2) is 49.0 Å². The highest BCUT2D eigenvalue weighted by Gasteiger charge is 2.10. The van der Waals surface area contributed by atoms with Gasteiger partial charge in [0.25, 0.3) is 0 Å². The monoisotopic (exact) mass is 175 g/mol. The second kappa shape index (κ2) is 6.40. The smallest absolute Gasteiger partial charge is 0.0639 e. The molecule has 0 bridgehead atoms. The van der Waals surface area contributed by atoms with E-state index < -0.39 is 0 Å². The first-order valence-corrected chi connectivity index (χ1v) is 4.49. The summed E-state index contributed by atoms with van der Waals surface area (Å²) < 4.78 is 4.98. The van der Waals surface area contributed by atoms with Crippen LogP contribution in [0, 0.1) is 0 Å². The molecule has 0 aromatic rings.